The zero-order valence-corrected chi connectivity index (χ0v) is 14.7. The summed E-state index contributed by atoms with van der Waals surface area (Å²) in [4.78, 5) is 11.4. The summed E-state index contributed by atoms with van der Waals surface area (Å²) in [6, 6.07) is 8.10. The van der Waals surface area contributed by atoms with Gasteiger partial charge in [0.25, 0.3) is 10.0 Å². The van der Waals surface area contributed by atoms with Crippen molar-refractivity contribution in [3.8, 4) is 0 Å². The van der Waals surface area contributed by atoms with Gasteiger partial charge in [0.05, 0.1) is 23.3 Å². The molecular formula is C15H13BrFNO4S. The second-order valence-corrected chi connectivity index (χ2v) is 7.27. The maximum absolute atomic E-state index is 13.8. The molecule has 0 fully saturated rings. The number of anilines is 1. The van der Waals surface area contributed by atoms with E-state index in [1.165, 1.54) is 37.4 Å². The van der Waals surface area contributed by atoms with Crippen molar-refractivity contribution in [2.45, 2.75) is 11.8 Å². The average molecular weight is 402 g/mol. The van der Waals surface area contributed by atoms with Gasteiger partial charge in [0, 0.05) is 4.47 Å². The highest BCUT2D eigenvalue weighted by Crippen LogP contribution is 2.24. The van der Waals surface area contributed by atoms with Crippen LogP contribution in [0.2, 0.25) is 0 Å². The van der Waals surface area contributed by atoms with Gasteiger partial charge in [0.1, 0.15) is 5.82 Å². The number of carbonyl (C=O) groups excluding carboxylic acids is 1. The number of ether oxygens (including phenoxy) is 1. The number of halogens is 2. The van der Waals surface area contributed by atoms with Gasteiger partial charge in [-0.25, -0.2) is 17.6 Å². The molecule has 0 aliphatic carbocycles. The Hall–Kier alpha value is -1.93. The highest BCUT2D eigenvalue weighted by molar-refractivity contribution is 9.10. The second-order valence-electron chi connectivity index (χ2n) is 4.70. The van der Waals surface area contributed by atoms with E-state index in [-0.39, 0.29) is 16.1 Å². The minimum Gasteiger partial charge on any atom is -0.465 e. The summed E-state index contributed by atoms with van der Waals surface area (Å²) in [5.74, 6) is -1.37. The quantitative estimate of drug-likeness (QED) is 0.795. The molecule has 2 rings (SSSR count). The molecule has 0 aliphatic heterocycles. The Balaban J connectivity index is 2.45. The van der Waals surface area contributed by atoms with Gasteiger partial charge < -0.3 is 4.74 Å². The highest BCUT2D eigenvalue weighted by atomic mass is 79.9. The van der Waals surface area contributed by atoms with Gasteiger partial charge in [0.15, 0.2) is 0 Å². The fourth-order valence-corrected chi connectivity index (χ4v) is 3.58. The number of aryl methyl sites for hydroxylation is 1. The molecule has 5 nitrogen and oxygen atoms in total. The van der Waals surface area contributed by atoms with Gasteiger partial charge in [0.2, 0.25) is 0 Å². The summed E-state index contributed by atoms with van der Waals surface area (Å²) in [6.07, 6.45) is 0. The molecular weight excluding hydrogens is 389 g/mol. The lowest BCUT2D eigenvalue weighted by atomic mass is 10.1. The summed E-state index contributed by atoms with van der Waals surface area (Å²) < 4.78 is 46.0. The molecule has 0 aliphatic rings. The zero-order valence-electron chi connectivity index (χ0n) is 12.3. The maximum Gasteiger partial charge on any atom is 0.337 e. The summed E-state index contributed by atoms with van der Waals surface area (Å²) in [6.45, 7) is 1.58. The molecule has 2 aromatic rings. The van der Waals surface area contributed by atoms with Crippen LogP contribution in [0.4, 0.5) is 10.1 Å². The lowest BCUT2D eigenvalue weighted by Gasteiger charge is -2.12. The molecule has 122 valence electrons. The van der Waals surface area contributed by atoms with E-state index in [0.29, 0.717) is 10.0 Å². The van der Waals surface area contributed by atoms with Crippen LogP contribution in [0.15, 0.2) is 45.8 Å². The predicted octanol–water partition coefficient (Wildman–Crippen LogP) is 3.48. The van der Waals surface area contributed by atoms with Gasteiger partial charge in [-0.3, -0.25) is 4.72 Å². The molecule has 0 unspecified atom stereocenters. The number of nitrogens with one attached hydrogen (secondary N) is 1. The predicted molar refractivity (Wildman–Crippen MR) is 87.4 cm³/mol. The molecule has 0 bridgehead atoms. The van der Waals surface area contributed by atoms with Gasteiger partial charge in [-0.1, -0.05) is 22.0 Å². The van der Waals surface area contributed by atoms with Crippen LogP contribution in [0, 0.1) is 12.7 Å². The fraction of sp³-hybridized carbons (Fsp3) is 0.133. The Labute approximate surface area is 141 Å². The van der Waals surface area contributed by atoms with Crippen LogP contribution in [-0.2, 0) is 14.8 Å². The second kappa shape index (κ2) is 6.67. The minimum absolute atomic E-state index is 0.0924. The normalized spacial score (nSPS) is 11.1. The molecule has 2 aromatic carbocycles. The minimum atomic E-state index is -4.06. The Morgan fingerprint density at radius 3 is 2.52 bits per heavy atom. The zero-order chi connectivity index (χ0) is 17.2. The van der Waals surface area contributed by atoms with E-state index in [2.05, 4.69) is 25.4 Å². The van der Waals surface area contributed by atoms with Crippen molar-refractivity contribution in [2.24, 2.45) is 0 Å². The number of hydrogen-bond donors (Lipinski definition) is 1. The van der Waals surface area contributed by atoms with Gasteiger partial charge in [-0.2, -0.15) is 0 Å². The number of rotatable bonds is 4. The lowest BCUT2D eigenvalue weighted by Crippen LogP contribution is -2.16. The SMILES string of the molecule is COC(=O)c1ccc(C)c(S(=O)(=O)Nc2ccc(Br)cc2F)c1. The van der Waals surface area contributed by atoms with E-state index in [1.54, 1.807) is 6.92 Å². The standard InChI is InChI=1S/C15H13BrFNO4S/c1-9-3-4-10(15(19)22-2)7-14(9)23(20,21)18-13-6-5-11(16)8-12(13)17/h3-8,18H,1-2H3. The molecule has 8 heteroatoms. The number of hydrogen-bond acceptors (Lipinski definition) is 4. The Morgan fingerprint density at radius 1 is 1.22 bits per heavy atom. The topological polar surface area (TPSA) is 72.5 Å². The molecule has 0 atom stereocenters. The maximum atomic E-state index is 13.8. The summed E-state index contributed by atoms with van der Waals surface area (Å²) in [5.41, 5.74) is 0.327. The summed E-state index contributed by atoms with van der Waals surface area (Å²) in [5, 5.41) is 0. The average Bonchev–Trinajstić information content (AvgIpc) is 2.49. The van der Waals surface area contributed by atoms with E-state index < -0.39 is 21.8 Å². The van der Waals surface area contributed by atoms with Crippen molar-refractivity contribution in [2.75, 3.05) is 11.8 Å². The van der Waals surface area contributed by atoms with Crippen molar-refractivity contribution in [1.29, 1.82) is 0 Å². The van der Waals surface area contributed by atoms with Crippen molar-refractivity contribution < 1.29 is 22.3 Å². The van der Waals surface area contributed by atoms with Crippen LogP contribution >= 0.6 is 15.9 Å². The first-order valence-electron chi connectivity index (χ1n) is 6.41. The van der Waals surface area contributed by atoms with E-state index in [0.717, 1.165) is 6.07 Å². The highest BCUT2D eigenvalue weighted by Gasteiger charge is 2.21. The van der Waals surface area contributed by atoms with Crippen LogP contribution in [0.3, 0.4) is 0 Å². The molecule has 1 N–H and O–H groups in total. The first-order chi connectivity index (χ1) is 10.7. The number of methoxy groups -OCH3 is 1. The van der Waals surface area contributed by atoms with E-state index >= 15 is 0 Å². The van der Waals surface area contributed by atoms with E-state index in [9.17, 15) is 17.6 Å². The third kappa shape index (κ3) is 3.89. The van der Waals surface area contributed by atoms with Gasteiger partial charge >= 0.3 is 5.97 Å². The van der Waals surface area contributed by atoms with Crippen LogP contribution < -0.4 is 4.72 Å². The fourth-order valence-electron chi connectivity index (χ4n) is 1.91. The third-order valence-corrected chi connectivity index (χ3v) is 5.07. The Morgan fingerprint density at radius 2 is 1.91 bits per heavy atom. The molecule has 0 radical (unpaired) electrons. The molecule has 0 aromatic heterocycles. The van der Waals surface area contributed by atoms with Crippen LogP contribution in [0.25, 0.3) is 0 Å². The van der Waals surface area contributed by atoms with Crippen LogP contribution in [-0.4, -0.2) is 21.5 Å². The Bertz CT molecular complexity index is 868. The largest absolute Gasteiger partial charge is 0.465 e. The molecule has 0 saturated carbocycles. The molecule has 0 amide bonds. The Kier molecular flexibility index (Phi) is 5.06. The van der Waals surface area contributed by atoms with E-state index in [4.69, 9.17) is 0 Å². The van der Waals surface area contributed by atoms with Gasteiger partial charge in [-0.05, 0) is 42.8 Å². The third-order valence-electron chi connectivity index (χ3n) is 3.07. The molecule has 0 heterocycles. The number of esters is 1. The van der Waals surface area contributed by atoms with Crippen LogP contribution in [0.1, 0.15) is 15.9 Å². The number of carbonyl (C=O) groups is 1. The smallest absolute Gasteiger partial charge is 0.337 e. The summed E-state index contributed by atoms with van der Waals surface area (Å²) >= 11 is 3.10. The first-order valence-corrected chi connectivity index (χ1v) is 8.69. The molecule has 23 heavy (non-hydrogen) atoms. The van der Waals surface area contributed by atoms with Crippen molar-refractivity contribution in [3.63, 3.8) is 0 Å². The number of benzene rings is 2. The van der Waals surface area contributed by atoms with Crippen LogP contribution in [0.5, 0.6) is 0 Å². The molecule has 0 saturated heterocycles. The monoisotopic (exact) mass is 401 g/mol. The lowest BCUT2D eigenvalue weighted by molar-refractivity contribution is 0.0600. The van der Waals surface area contributed by atoms with Crippen molar-refractivity contribution in [3.05, 3.63) is 57.8 Å². The molecule has 0 spiro atoms. The number of sulfonamides is 1. The summed E-state index contributed by atoms with van der Waals surface area (Å²) in [7, 11) is -2.86. The van der Waals surface area contributed by atoms with Crippen molar-refractivity contribution >= 4 is 37.6 Å². The van der Waals surface area contributed by atoms with E-state index in [1.807, 2.05) is 0 Å². The van der Waals surface area contributed by atoms with Gasteiger partial charge in [-0.15, -0.1) is 0 Å². The van der Waals surface area contributed by atoms with Crippen molar-refractivity contribution in [1.82, 2.24) is 0 Å². The first kappa shape index (κ1) is 17.4.